The number of benzene rings is 1. The average molecular weight is 296 g/mol. The number of hydrogen-bond acceptors (Lipinski definition) is 2. The second-order valence-corrected chi connectivity index (χ2v) is 5.42. The van der Waals surface area contributed by atoms with Crippen LogP contribution in [0.4, 0.5) is 0 Å². The maximum atomic E-state index is 6.18. The van der Waals surface area contributed by atoms with E-state index in [4.69, 9.17) is 46.3 Å². The van der Waals surface area contributed by atoms with E-state index in [1.807, 2.05) is 0 Å². The van der Waals surface area contributed by atoms with Gasteiger partial charge in [0.2, 0.25) is 0 Å². The van der Waals surface area contributed by atoms with Gasteiger partial charge < -0.3 is 11.5 Å². The van der Waals surface area contributed by atoms with Crippen LogP contribution in [0, 0.1) is 5.92 Å². The van der Waals surface area contributed by atoms with Gasteiger partial charge >= 0.3 is 0 Å². The first-order chi connectivity index (χ1) is 8.01. The number of hydrogen-bond donors (Lipinski definition) is 2. The second-order valence-electron chi connectivity index (χ2n) is 4.23. The molecule has 0 aromatic heterocycles. The van der Waals surface area contributed by atoms with Crippen molar-refractivity contribution in [1.82, 2.24) is 0 Å². The summed E-state index contributed by atoms with van der Waals surface area (Å²) in [6.45, 7) is 3.19. The Bertz CT molecular complexity index is 378. The molecule has 0 saturated heterocycles. The highest BCUT2D eigenvalue weighted by Crippen LogP contribution is 2.38. The van der Waals surface area contributed by atoms with Crippen LogP contribution in [0.2, 0.25) is 15.1 Å². The highest BCUT2D eigenvalue weighted by molar-refractivity contribution is 6.44. The van der Waals surface area contributed by atoms with Crippen LogP contribution in [0.3, 0.4) is 0 Å². The van der Waals surface area contributed by atoms with E-state index in [0.717, 1.165) is 12.0 Å². The lowest BCUT2D eigenvalue weighted by Crippen LogP contribution is -2.24. The third-order valence-corrected chi connectivity index (χ3v) is 4.07. The monoisotopic (exact) mass is 294 g/mol. The minimum absolute atomic E-state index is 0.186. The summed E-state index contributed by atoms with van der Waals surface area (Å²) in [7, 11) is 0. The van der Waals surface area contributed by atoms with E-state index in [-0.39, 0.29) is 11.8 Å². The maximum Gasteiger partial charge on any atom is 0.0641 e. The molecule has 0 radical (unpaired) electrons. The number of nitrogens with two attached hydrogens (primary N) is 2. The average Bonchev–Trinajstić information content (AvgIpc) is 2.31. The molecule has 1 unspecified atom stereocenters. The molecule has 0 aliphatic rings. The molecule has 1 rings (SSSR count). The van der Waals surface area contributed by atoms with Gasteiger partial charge in [-0.05, 0) is 49.0 Å². The van der Waals surface area contributed by atoms with Gasteiger partial charge in [-0.3, -0.25) is 0 Å². The van der Waals surface area contributed by atoms with E-state index in [2.05, 4.69) is 6.92 Å². The Labute approximate surface area is 117 Å². The zero-order valence-electron chi connectivity index (χ0n) is 9.72. The van der Waals surface area contributed by atoms with Gasteiger partial charge in [0.1, 0.15) is 0 Å². The summed E-state index contributed by atoms with van der Waals surface area (Å²) < 4.78 is 0. The molecular weight excluding hydrogens is 279 g/mol. The molecule has 0 spiro atoms. The highest BCUT2D eigenvalue weighted by Gasteiger charge is 2.19. The number of halogens is 3. The summed E-state index contributed by atoms with van der Waals surface area (Å²) in [4.78, 5) is 0. The van der Waals surface area contributed by atoms with Crippen molar-refractivity contribution in [2.24, 2.45) is 17.4 Å². The van der Waals surface area contributed by atoms with Crippen LogP contribution in [0.25, 0.3) is 0 Å². The molecule has 0 bridgehead atoms. The van der Waals surface area contributed by atoms with E-state index in [1.165, 1.54) is 0 Å². The van der Waals surface area contributed by atoms with Gasteiger partial charge in [0.15, 0.2) is 0 Å². The molecule has 0 aliphatic carbocycles. The summed E-state index contributed by atoms with van der Waals surface area (Å²) in [5.41, 5.74) is 12.2. The van der Waals surface area contributed by atoms with Crippen molar-refractivity contribution in [3.05, 3.63) is 32.8 Å². The Morgan fingerprint density at radius 2 is 1.59 bits per heavy atom. The van der Waals surface area contributed by atoms with E-state index in [0.29, 0.717) is 28.2 Å². The summed E-state index contributed by atoms with van der Waals surface area (Å²) in [6.07, 6.45) is 0.854. The first-order valence-electron chi connectivity index (χ1n) is 5.54. The van der Waals surface area contributed by atoms with Crippen molar-refractivity contribution in [3.8, 4) is 0 Å². The van der Waals surface area contributed by atoms with Crippen LogP contribution in [0.15, 0.2) is 12.1 Å². The Hall–Kier alpha value is 0.01000. The van der Waals surface area contributed by atoms with E-state index in [9.17, 15) is 0 Å². The van der Waals surface area contributed by atoms with Crippen molar-refractivity contribution in [3.63, 3.8) is 0 Å². The molecule has 0 fully saturated rings. The summed E-state index contributed by atoms with van der Waals surface area (Å²) >= 11 is 18.3. The van der Waals surface area contributed by atoms with Crippen molar-refractivity contribution in [1.29, 1.82) is 0 Å². The molecule has 5 heteroatoms. The summed E-state index contributed by atoms with van der Waals surface area (Å²) in [5, 5.41) is 1.69. The minimum Gasteiger partial charge on any atom is -0.330 e. The lowest BCUT2D eigenvalue weighted by molar-refractivity contribution is 0.465. The molecule has 1 atom stereocenters. The first-order valence-corrected chi connectivity index (χ1v) is 6.68. The smallest absolute Gasteiger partial charge is 0.0641 e. The molecule has 2 nitrogen and oxygen atoms in total. The van der Waals surface area contributed by atoms with Gasteiger partial charge in [0.25, 0.3) is 0 Å². The van der Waals surface area contributed by atoms with Gasteiger partial charge in [-0.25, -0.2) is 0 Å². The molecule has 0 saturated carbocycles. The standard InChI is InChI=1S/C12H17Cl3N2/c1-7(4-8(5-16)6-17)11-9(13)2-3-10(14)12(11)15/h2-3,7-8H,4-6,16-17H2,1H3. The molecule has 17 heavy (non-hydrogen) atoms. The van der Waals surface area contributed by atoms with Gasteiger partial charge in [-0.15, -0.1) is 0 Å². The Morgan fingerprint density at radius 3 is 2.12 bits per heavy atom. The third-order valence-electron chi connectivity index (χ3n) is 2.93. The summed E-state index contributed by atoms with van der Waals surface area (Å²) in [6, 6.07) is 3.47. The van der Waals surface area contributed by atoms with E-state index < -0.39 is 0 Å². The van der Waals surface area contributed by atoms with Crippen LogP contribution in [-0.4, -0.2) is 13.1 Å². The highest BCUT2D eigenvalue weighted by atomic mass is 35.5. The quantitative estimate of drug-likeness (QED) is 0.814. The molecule has 1 aromatic carbocycles. The Balaban J connectivity index is 2.95. The molecule has 0 aliphatic heterocycles. The Kier molecular flexibility index (Phi) is 6.04. The van der Waals surface area contributed by atoms with Crippen molar-refractivity contribution in [2.75, 3.05) is 13.1 Å². The SMILES string of the molecule is CC(CC(CN)CN)c1c(Cl)ccc(Cl)c1Cl. The number of rotatable bonds is 5. The van der Waals surface area contributed by atoms with Crippen LogP contribution in [0.1, 0.15) is 24.8 Å². The third kappa shape index (κ3) is 3.73. The van der Waals surface area contributed by atoms with Crippen molar-refractivity contribution >= 4 is 34.8 Å². The van der Waals surface area contributed by atoms with Gasteiger partial charge in [-0.1, -0.05) is 41.7 Å². The zero-order valence-corrected chi connectivity index (χ0v) is 12.0. The Morgan fingerprint density at radius 1 is 1.06 bits per heavy atom. The fourth-order valence-electron chi connectivity index (χ4n) is 1.90. The largest absolute Gasteiger partial charge is 0.330 e. The molecule has 4 N–H and O–H groups in total. The minimum atomic E-state index is 0.186. The molecule has 1 aromatic rings. The van der Waals surface area contributed by atoms with Crippen LogP contribution in [-0.2, 0) is 0 Å². The zero-order chi connectivity index (χ0) is 13.0. The fraction of sp³-hybridized carbons (Fsp3) is 0.500. The van der Waals surface area contributed by atoms with Gasteiger partial charge in [0.05, 0.1) is 10.0 Å². The van der Waals surface area contributed by atoms with Crippen molar-refractivity contribution < 1.29 is 0 Å². The van der Waals surface area contributed by atoms with Gasteiger partial charge in [-0.2, -0.15) is 0 Å². The predicted molar refractivity (Wildman–Crippen MR) is 76.1 cm³/mol. The second kappa shape index (κ2) is 6.81. The topological polar surface area (TPSA) is 52.0 Å². The van der Waals surface area contributed by atoms with Crippen molar-refractivity contribution in [2.45, 2.75) is 19.3 Å². The summed E-state index contributed by atoms with van der Waals surface area (Å²) in [5.74, 6) is 0.460. The fourth-order valence-corrected chi connectivity index (χ4v) is 2.81. The first kappa shape index (κ1) is 15.1. The van der Waals surface area contributed by atoms with Gasteiger partial charge in [0, 0.05) is 5.02 Å². The lowest BCUT2D eigenvalue weighted by atomic mass is 9.90. The van der Waals surface area contributed by atoms with E-state index >= 15 is 0 Å². The molecular formula is C12H17Cl3N2. The normalized spacial score (nSPS) is 13.1. The molecule has 0 heterocycles. The molecule has 96 valence electrons. The van der Waals surface area contributed by atoms with E-state index in [1.54, 1.807) is 12.1 Å². The van der Waals surface area contributed by atoms with Crippen LogP contribution in [0.5, 0.6) is 0 Å². The van der Waals surface area contributed by atoms with Crippen LogP contribution < -0.4 is 11.5 Å². The predicted octanol–water partition coefficient (Wildman–Crippen LogP) is 3.67. The molecule has 0 amide bonds. The maximum absolute atomic E-state index is 6.18. The van der Waals surface area contributed by atoms with Crippen LogP contribution >= 0.6 is 34.8 Å². The lowest BCUT2D eigenvalue weighted by Gasteiger charge is -2.20.